The van der Waals surface area contributed by atoms with Crippen molar-refractivity contribution >= 4 is 17.5 Å². The average Bonchev–Trinajstić information content (AvgIpc) is 3.34. The van der Waals surface area contributed by atoms with E-state index >= 15 is 0 Å². The Kier molecular flexibility index (Phi) is 6.58. The number of rotatable bonds is 7. The lowest BCUT2D eigenvalue weighted by Gasteiger charge is -2.35. The SMILES string of the molecule is CC(C)c1nc(-c2ccc(N3CCN(C(=O)CCC(=O)c4ccccc4)CC3)nc2)no1. The van der Waals surface area contributed by atoms with Gasteiger partial charge in [0.25, 0.3) is 0 Å². The van der Waals surface area contributed by atoms with Gasteiger partial charge in [-0.15, -0.1) is 0 Å². The highest BCUT2D eigenvalue weighted by molar-refractivity contribution is 5.97. The molecule has 0 unspecified atom stereocenters. The van der Waals surface area contributed by atoms with Crippen molar-refractivity contribution in [1.29, 1.82) is 0 Å². The first-order chi connectivity index (χ1) is 15.5. The Morgan fingerprint density at radius 3 is 2.38 bits per heavy atom. The minimum atomic E-state index is 0.00370. The van der Waals surface area contributed by atoms with Crippen molar-refractivity contribution < 1.29 is 14.1 Å². The van der Waals surface area contributed by atoms with Crippen LogP contribution < -0.4 is 4.90 Å². The summed E-state index contributed by atoms with van der Waals surface area (Å²) in [6.45, 7) is 6.64. The maximum absolute atomic E-state index is 12.5. The van der Waals surface area contributed by atoms with E-state index in [2.05, 4.69) is 20.0 Å². The quantitative estimate of drug-likeness (QED) is 0.526. The van der Waals surface area contributed by atoms with Crippen LogP contribution in [0.1, 0.15) is 48.9 Å². The molecule has 0 radical (unpaired) electrons. The van der Waals surface area contributed by atoms with E-state index in [0.717, 1.165) is 11.4 Å². The normalized spacial score (nSPS) is 14.1. The van der Waals surface area contributed by atoms with Gasteiger partial charge in [0.1, 0.15) is 5.82 Å². The molecule has 3 aromatic rings. The molecule has 8 heteroatoms. The van der Waals surface area contributed by atoms with Gasteiger partial charge in [0.15, 0.2) is 5.78 Å². The third-order valence-electron chi connectivity index (χ3n) is 5.56. The second kappa shape index (κ2) is 9.72. The van der Waals surface area contributed by atoms with Gasteiger partial charge in [-0.3, -0.25) is 9.59 Å². The molecule has 1 saturated heterocycles. The van der Waals surface area contributed by atoms with Gasteiger partial charge in [-0.25, -0.2) is 4.98 Å². The van der Waals surface area contributed by atoms with Crippen LogP contribution in [0.5, 0.6) is 0 Å². The molecular weight excluding hydrogens is 406 g/mol. The molecule has 32 heavy (non-hydrogen) atoms. The van der Waals surface area contributed by atoms with Crippen LogP contribution in [0.2, 0.25) is 0 Å². The third-order valence-corrected chi connectivity index (χ3v) is 5.56. The molecule has 2 aromatic heterocycles. The molecule has 1 aliphatic heterocycles. The highest BCUT2D eigenvalue weighted by Gasteiger charge is 2.22. The molecule has 0 bridgehead atoms. The molecule has 0 aliphatic carbocycles. The summed E-state index contributed by atoms with van der Waals surface area (Å²) in [5, 5.41) is 4.02. The zero-order valence-electron chi connectivity index (χ0n) is 18.4. The van der Waals surface area contributed by atoms with Crippen LogP contribution in [0.4, 0.5) is 5.82 Å². The lowest BCUT2D eigenvalue weighted by Crippen LogP contribution is -2.49. The van der Waals surface area contributed by atoms with Gasteiger partial charge in [0.2, 0.25) is 17.6 Å². The third kappa shape index (κ3) is 5.01. The Morgan fingerprint density at radius 2 is 1.75 bits per heavy atom. The highest BCUT2D eigenvalue weighted by atomic mass is 16.5. The van der Waals surface area contributed by atoms with Gasteiger partial charge in [0, 0.05) is 62.3 Å². The van der Waals surface area contributed by atoms with E-state index < -0.39 is 0 Å². The minimum absolute atomic E-state index is 0.00370. The van der Waals surface area contributed by atoms with E-state index in [4.69, 9.17) is 4.52 Å². The molecule has 8 nitrogen and oxygen atoms in total. The highest BCUT2D eigenvalue weighted by Crippen LogP contribution is 2.21. The lowest BCUT2D eigenvalue weighted by molar-refractivity contribution is -0.131. The van der Waals surface area contributed by atoms with Crippen LogP contribution in [-0.2, 0) is 4.79 Å². The van der Waals surface area contributed by atoms with Gasteiger partial charge in [-0.2, -0.15) is 4.98 Å². The Bertz CT molecular complexity index is 1050. The number of nitrogens with zero attached hydrogens (tertiary/aromatic N) is 5. The van der Waals surface area contributed by atoms with Gasteiger partial charge in [-0.05, 0) is 12.1 Å². The zero-order valence-corrected chi connectivity index (χ0v) is 18.4. The molecule has 3 heterocycles. The fourth-order valence-corrected chi connectivity index (χ4v) is 3.62. The number of amides is 1. The predicted octanol–water partition coefficient (Wildman–Crippen LogP) is 3.57. The van der Waals surface area contributed by atoms with Crippen molar-refractivity contribution in [2.75, 3.05) is 31.1 Å². The van der Waals surface area contributed by atoms with Crippen LogP contribution in [0.3, 0.4) is 0 Å². The molecule has 1 aliphatic rings. The van der Waals surface area contributed by atoms with Crippen LogP contribution in [0, 0.1) is 0 Å². The van der Waals surface area contributed by atoms with Crippen molar-refractivity contribution in [2.45, 2.75) is 32.6 Å². The number of ketones is 1. The lowest BCUT2D eigenvalue weighted by atomic mass is 10.1. The predicted molar refractivity (Wildman–Crippen MR) is 120 cm³/mol. The van der Waals surface area contributed by atoms with Gasteiger partial charge < -0.3 is 14.3 Å². The molecule has 0 N–H and O–H groups in total. The number of benzene rings is 1. The Morgan fingerprint density at radius 1 is 1.00 bits per heavy atom. The van der Waals surface area contributed by atoms with E-state index in [1.807, 2.05) is 49.1 Å². The van der Waals surface area contributed by atoms with Gasteiger partial charge in [-0.1, -0.05) is 49.3 Å². The second-order valence-electron chi connectivity index (χ2n) is 8.17. The monoisotopic (exact) mass is 433 g/mol. The number of Topliss-reactive ketones (excluding diaryl/α,β-unsaturated/α-hetero) is 1. The molecule has 0 saturated carbocycles. The summed E-state index contributed by atoms with van der Waals surface area (Å²) in [6.07, 6.45) is 2.22. The topological polar surface area (TPSA) is 92.4 Å². The van der Waals surface area contributed by atoms with E-state index in [9.17, 15) is 9.59 Å². The van der Waals surface area contributed by atoms with Crippen LogP contribution in [0.25, 0.3) is 11.4 Å². The maximum Gasteiger partial charge on any atom is 0.229 e. The van der Waals surface area contributed by atoms with Crippen LogP contribution in [0.15, 0.2) is 53.2 Å². The smallest absolute Gasteiger partial charge is 0.229 e. The zero-order chi connectivity index (χ0) is 22.5. The fraction of sp³-hybridized carbons (Fsp3) is 0.375. The van der Waals surface area contributed by atoms with E-state index in [0.29, 0.717) is 43.5 Å². The number of pyridine rings is 1. The van der Waals surface area contributed by atoms with Crippen molar-refractivity contribution in [3.05, 3.63) is 60.1 Å². The first-order valence-electron chi connectivity index (χ1n) is 10.9. The summed E-state index contributed by atoms with van der Waals surface area (Å²) in [5.74, 6) is 2.20. The Labute approximate surface area is 187 Å². The van der Waals surface area contributed by atoms with Gasteiger partial charge in [0.05, 0.1) is 0 Å². The van der Waals surface area contributed by atoms with E-state index in [1.165, 1.54) is 0 Å². The summed E-state index contributed by atoms with van der Waals surface area (Å²) in [7, 11) is 0. The first-order valence-corrected chi connectivity index (χ1v) is 10.9. The molecule has 1 fully saturated rings. The number of anilines is 1. The fourth-order valence-electron chi connectivity index (χ4n) is 3.62. The average molecular weight is 434 g/mol. The first kappa shape index (κ1) is 21.7. The molecule has 1 amide bonds. The number of hydrogen-bond acceptors (Lipinski definition) is 7. The largest absolute Gasteiger partial charge is 0.353 e. The number of aromatic nitrogens is 3. The van der Waals surface area contributed by atoms with Crippen LogP contribution >= 0.6 is 0 Å². The summed E-state index contributed by atoms with van der Waals surface area (Å²) in [5.41, 5.74) is 1.46. The second-order valence-corrected chi connectivity index (χ2v) is 8.17. The molecule has 4 rings (SSSR count). The van der Waals surface area contributed by atoms with Crippen LogP contribution in [-0.4, -0.2) is 57.9 Å². The maximum atomic E-state index is 12.5. The summed E-state index contributed by atoms with van der Waals surface area (Å²) in [6, 6.07) is 13.0. The standard InChI is InChI=1S/C24H27N5O3/c1-17(2)24-26-23(27-32-24)19-8-10-21(25-16-19)28-12-14-29(15-13-28)22(31)11-9-20(30)18-6-4-3-5-7-18/h3-8,10,16-17H,9,11-15H2,1-2H3. The summed E-state index contributed by atoms with van der Waals surface area (Å²) < 4.78 is 5.26. The van der Waals surface area contributed by atoms with E-state index in [-0.39, 0.29) is 30.4 Å². The minimum Gasteiger partial charge on any atom is -0.353 e. The van der Waals surface area contributed by atoms with Crippen molar-refractivity contribution in [3.63, 3.8) is 0 Å². The van der Waals surface area contributed by atoms with Crippen molar-refractivity contribution in [3.8, 4) is 11.4 Å². The van der Waals surface area contributed by atoms with Crippen molar-refractivity contribution in [2.24, 2.45) is 0 Å². The summed E-state index contributed by atoms with van der Waals surface area (Å²) in [4.78, 5) is 37.7. The molecule has 0 atom stereocenters. The Hall–Kier alpha value is -3.55. The molecular formula is C24H27N5O3. The van der Waals surface area contributed by atoms with Gasteiger partial charge >= 0.3 is 0 Å². The molecule has 166 valence electrons. The number of carbonyl (C=O) groups is 2. The number of carbonyl (C=O) groups excluding carboxylic acids is 2. The van der Waals surface area contributed by atoms with Crippen molar-refractivity contribution in [1.82, 2.24) is 20.0 Å². The Balaban J connectivity index is 1.27. The molecule has 0 spiro atoms. The number of piperazine rings is 1. The number of hydrogen-bond donors (Lipinski definition) is 0. The summed E-state index contributed by atoms with van der Waals surface area (Å²) >= 11 is 0. The molecule has 1 aromatic carbocycles. The van der Waals surface area contributed by atoms with E-state index in [1.54, 1.807) is 18.3 Å².